The van der Waals surface area contributed by atoms with Crippen molar-refractivity contribution in [2.45, 2.75) is 66.2 Å². The fourth-order valence-corrected chi connectivity index (χ4v) is 2.20. The molecule has 4 heteroatoms. The first-order chi connectivity index (χ1) is 11.0. The van der Waals surface area contributed by atoms with Crippen molar-refractivity contribution < 1.29 is 9.53 Å². The standard InChI is InChI=1S/C15H22BNO2.2C2H6/c1-11(2)15(17,9-4-10-16)13-7-5-12(6-8-13)14(18)19-3;2*1-2/h5-8,11H,4,9-10,17H2,1-3H3;2*1-2H3. The summed E-state index contributed by atoms with van der Waals surface area (Å²) in [6.07, 6.45) is 2.35. The van der Waals surface area contributed by atoms with Crippen LogP contribution in [0.4, 0.5) is 0 Å². The van der Waals surface area contributed by atoms with Crippen molar-refractivity contribution in [1.29, 1.82) is 0 Å². The fourth-order valence-electron chi connectivity index (χ4n) is 2.20. The molecule has 0 fully saturated rings. The van der Waals surface area contributed by atoms with Crippen molar-refractivity contribution in [3.8, 4) is 0 Å². The molecular formula is C19H34BNO2. The minimum Gasteiger partial charge on any atom is -0.465 e. The third-order valence-electron chi connectivity index (χ3n) is 3.67. The number of methoxy groups -OCH3 is 1. The first-order valence-corrected chi connectivity index (χ1v) is 8.63. The van der Waals surface area contributed by atoms with Gasteiger partial charge < -0.3 is 10.5 Å². The molecule has 1 rings (SSSR count). The second-order valence-corrected chi connectivity index (χ2v) is 5.16. The van der Waals surface area contributed by atoms with E-state index in [1.807, 2.05) is 39.8 Å². The molecular weight excluding hydrogens is 285 g/mol. The van der Waals surface area contributed by atoms with Crippen LogP contribution in [0.5, 0.6) is 0 Å². The number of carbonyl (C=O) groups excluding carboxylic acids is 1. The maximum Gasteiger partial charge on any atom is 0.337 e. The van der Waals surface area contributed by atoms with Crippen LogP contribution < -0.4 is 5.73 Å². The highest BCUT2D eigenvalue weighted by molar-refractivity contribution is 6.08. The van der Waals surface area contributed by atoms with Gasteiger partial charge in [-0.25, -0.2) is 4.79 Å². The van der Waals surface area contributed by atoms with E-state index < -0.39 is 5.54 Å². The molecule has 0 heterocycles. The molecule has 1 atom stereocenters. The van der Waals surface area contributed by atoms with Crippen LogP contribution in [-0.4, -0.2) is 20.9 Å². The van der Waals surface area contributed by atoms with Crippen molar-refractivity contribution in [3.63, 3.8) is 0 Å². The summed E-state index contributed by atoms with van der Waals surface area (Å²) in [6.45, 7) is 12.2. The lowest BCUT2D eigenvalue weighted by Gasteiger charge is -2.34. The number of ether oxygens (including phenoxy) is 1. The molecule has 1 aromatic rings. The van der Waals surface area contributed by atoms with E-state index in [2.05, 4.69) is 18.6 Å². The first kappa shape index (κ1) is 24.0. The van der Waals surface area contributed by atoms with Crippen LogP contribution >= 0.6 is 0 Å². The molecule has 0 aliphatic carbocycles. The van der Waals surface area contributed by atoms with E-state index >= 15 is 0 Å². The molecule has 0 aromatic heterocycles. The molecule has 0 aliphatic heterocycles. The van der Waals surface area contributed by atoms with Gasteiger partial charge in [0.15, 0.2) is 0 Å². The predicted molar refractivity (Wildman–Crippen MR) is 101 cm³/mol. The Balaban J connectivity index is 0. The van der Waals surface area contributed by atoms with E-state index in [9.17, 15) is 4.79 Å². The number of nitrogens with two attached hydrogens (primary N) is 1. The zero-order chi connectivity index (χ0) is 18.5. The molecule has 0 aliphatic rings. The number of carbonyl (C=O) groups is 1. The van der Waals surface area contributed by atoms with Crippen LogP contribution in [0.15, 0.2) is 24.3 Å². The van der Waals surface area contributed by atoms with Gasteiger partial charge in [0.25, 0.3) is 0 Å². The van der Waals surface area contributed by atoms with Gasteiger partial charge in [-0.3, -0.25) is 0 Å². The number of benzene rings is 1. The molecule has 0 bridgehead atoms. The first-order valence-electron chi connectivity index (χ1n) is 8.63. The lowest BCUT2D eigenvalue weighted by molar-refractivity contribution is 0.0600. The van der Waals surface area contributed by atoms with Crippen LogP contribution in [0.2, 0.25) is 6.32 Å². The summed E-state index contributed by atoms with van der Waals surface area (Å²) in [7, 11) is 6.95. The zero-order valence-electron chi connectivity index (χ0n) is 16.0. The third kappa shape index (κ3) is 7.21. The summed E-state index contributed by atoms with van der Waals surface area (Å²) in [5.74, 6) is -0.0382. The van der Waals surface area contributed by atoms with E-state index in [-0.39, 0.29) is 5.97 Å². The summed E-state index contributed by atoms with van der Waals surface area (Å²) in [4.78, 5) is 11.4. The average Bonchev–Trinajstić information content (AvgIpc) is 2.62. The van der Waals surface area contributed by atoms with Gasteiger partial charge in [-0.1, -0.05) is 66.4 Å². The maximum absolute atomic E-state index is 11.4. The third-order valence-corrected chi connectivity index (χ3v) is 3.67. The zero-order valence-corrected chi connectivity index (χ0v) is 16.0. The van der Waals surface area contributed by atoms with Gasteiger partial charge in [-0.2, -0.15) is 0 Å². The van der Waals surface area contributed by atoms with Gasteiger partial charge in [0, 0.05) is 5.54 Å². The molecule has 0 saturated carbocycles. The molecule has 2 N–H and O–H groups in total. The van der Waals surface area contributed by atoms with Gasteiger partial charge in [-0.05, 0) is 30.0 Å². The summed E-state index contributed by atoms with van der Waals surface area (Å²) < 4.78 is 4.69. The van der Waals surface area contributed by atoms with Crippen LogP contribution in [0.1, 0.15) is 70.3 Å². The van der Waals surface area contributed by atoms with Crippen LogP contribution in [0.3, 0.4) is 0 Å². The normalized spacial score (nSPS) is 12.2. The number of esters is 1. The van der Waals surface area contributed by atoms with Crippen molar-refractivity contribution in [3.05, 3.63) is 35.4 Å². The molecule has 3 nitrogen and oxygen atoms in total. The summed E-state index contributed by atoms with van der Waals surface area (Å²) in [5, 5.41) is 0. The van der Waals surface area contributed by atoms with Gasteiger partial charge in [0.05, 0.1) is 20.5 Å². The lowest BCUT2D eigenvalue weighted by Crippen LogP contribution is -2.42. The molecule has 0 saturated heterocycles. The predicted octanol–water partition coefficient (Wildman–Crippen LogP) is 4.70. The Labute approximate surface area is 144 Å². The summed E-state index contributed by atoms with van der Waals surface area (Å²) in [5.41, 5.74) is 7.70. The summed E-state index contributed by atoms with van der Waals surface area (Å²) in [6, 6.07) is 7.33. The quantitative estimate of drug-likeness (QED) is 0.610. The van der Waals surface area contributed by atoms with Crippen molar-refractivity contribution in [1.82, 2.24) is 0 Å². The van der Waals surface area contributed by atoms with Crippen LogP contribution in [0, 0.1) is 5.92 Å². The maximum atomic E-state index is 11.4. The Morgan fingerprint density at radius 1 is 1.17 bits per heavy atom. The number of hydrogen-bond donors (Lipinski definition) is 1. The Morgan fingerprint density at radius 2 is 1.65 bits per heavy atom. The van der Waals surface area contributed by atoms with E-state index in [1.165, 1.54) is 7.11 Å². The molecule has 1 aromatic carbocycles. The number of rotatable bonds is 6. The highest BCUT2D eigenvalue weighted by Gasteiger charge is 2.30. The molecule has 1 unspecified atom stereocenters. The monoisotopic (exact) mass is 319 g/mol. The lowest BCUT2D eigenvalue weighted by atomic mass is 9.76. The van der Waals surface area contributed by atoms with E-state index in [0.29, 0.717) is 17.8 Å². The van der Waals surface area contributed by atoms with Gasteiger partial charge in [0.2, 0.25) is 0 Å². The van der Waals surface area contributed by atoms with Crippen molar-refractivity contribution >= 4 is 13.8 Å². The smallest absolute Gasteiger partial charge is 0.337 e. The Hall–Kier alpha value is -1.29. The molecule has 0 spiro atoms. The second kappa shape index (κ2) is 13.2. The average molecular weight is 319 g/mol. The Bertz CT molecular complexity index is 418. The van der Waals surface area contributed by atoms with Crippen molar-refractivity contribution in [2.75, 3.05) is 7.11 Å². The molecule has 0 amide bonds. The van der Waals surface area contributed by atoms with E-state index in [4.69, 9.17) is 13.6 Å². The minimum absolute atomic E-state index is 0.294. The Kier molecular flexibility index (Phi) is 13.7. The molecule has 2 radical (unpaired) electrons. The van der Waals surface area contributed by atoms with Gasteiger partial charge in [-0.15, -0.1) is 0 Å². The highest BCUT2D eigenvalue weighted by atomic mass is 16.5. The van der Waals surface area contributed by atoms with E-state index in [1.54, 1.807) is 12.1 Å². The van der Waals surface area contributed by atoms with Crippen LogP contribution in [-0.2, 0) is 10.3 Å². The Morgan fingerprint density at radius 3 is 2.00 bits per heavy atom. The minimum atomic E-state index is -0.409. The fraction of sp³-hybridized carbons (Fsp3) is 0.632. The SMILES string of the molecule is CC.CC.[B]CCCC(N)(c1ccc(C(=O)OC)cc1)C(C)C. The molecule has 130 valence electrons. The molecule has 23 heavy (non-hydrogen) atoms. The van der Waals surface area contributed by atoms with E-state index in [0.717, 1.165) is 18.4 Å². The van der Waals surface area contributed by atoms with Crippen LogP contribution in [0.25, 0.3) is 0 Å². The van der Waals surface area contributed by atoms with Gasteiger partial charge >= 0.3 is 5.97 Å². The highest BCUT2D eigenvalue weighted by Crippen LogP contribution is 2.32. The van der Waals surface area contributed by atoms with Gasteiger partial charge in [0.1, 0.15) is 0 Å². The topological polar surface area (TPSA) is 52.3 Å². The largest absolute Gasteiger partial charge is 0.465 e. The second-order valence-electron chi connectivity index (χ2n) is 5.16. The summed E-state index contributed by atoms with van der Waals surface area (Å²) >= 11 is 0. The number of hydrogen-bond acceptors (Lipinski definition) is 3. The van der Waals surface area contributed by atoms with Crippen molar-refractivity contribution in [2.24, 2.45) is 11.7 Å².